The number of aromatic nitrogens is 5. The number of halogens is 1. The van der Waals surface area contributed by atoms with Crippen LogP contribution in [0.25, 0.3) is 17.1 Å². The molecule has 0 aliphatic carbocycles. The van der Waals surface area contributed by atoms with E-state index in [1.165, 1.54) is 6.21 Å². The Kier molecular flexibility index (Phi) is 4.99. The van der Waals surface area contributed by atoms with Crippen molar-refractivity contribution in [2.24, 2.45) is 5.10 Å². The summed E-state index contributed by atoms with van der Waals surface area (Å²) in [6.07, 6.45) is 1.48. The molecule has 3 N–H and O–H groups in total. The van der Waals surface area contributed by atoms with Crippen LogP contribution in [0.1, 0.15) is 16.1 Å². The lowest BCUT2D eigenvalue weighted by atomic mass is 10.1. The molecule has 0 radical (unpaired) electrons. The smallest absolute Gasteiger partial charge is 0.292 e. The van der Waals surface area contributed by atoms with Crippen molar-refractivity contribution in [1.29, 1.82) is 0 Å². The molecule has 11 heteroatoms. The number of benzene rings is 2. The molecular formula is C18H13ClN8O2. The average molecular weight is 409 g/mol. The SMILES string of the molecule is Nc1nonc1-n1nnc(-c2ccccc2)c1C(=O)N/N=C/c1ccc(Cl)cc1. The summed E-state index contributed by atoms with van der Waals surface area (Å²) in [5.41, 5.74) is 10.0. The minimum Gasteiger partial charge on any atom is -0.378 e. The number of nitrogens with one attached hydrogen (secondary N) is 1. The third kappa shape index (κ3) is 3.82. The number of nitrogen functional groups attached to an aromatic ring is 1. The highest BCUT2D eigenvalue weighted by Gasteiger charge is 2.25. The first-order valence-electron chi connectivity index (χ1n) is 8.32. The van der Waals surface area contributed by atoms with E-state index >= 15 is 0 Å². The fourth-order valence-electron chi connectivity index (χ4n) is 2.53. The number of anilines is 1. The van der Waals surface area contributed by atoms with E-state index in [1.807, 2.05) is 18.2 Å². The molecule has 0 saturated heterocycles. The molecule has 0 atom stereocenters. The minimum absolute atomic E-state index is 0.0340. The van der Waals surface area contributed by atoms with Crippen molar-refractivity contribution in [2.75, 3.05) is 5.73 Å². The van der Waals surface area contributed by atoms with Crippen molar-refractivity contribution < 1.29 is 9.42 Å². The predicted molar refractivity (Wildman–Crippen MR) is 106 cm³/mol. The molecule has 0 saturated carbocycles. The summed E-state index contributed by atoms with van der Waals surface area (Å²) in [4.78, 5) is 12.9. The Bertz CT molecular complexity index is 1170. The molecule has 0 aliphatic rings. The topological polar surface area (TPSA) is 137 Å². The third-order valence-corrected chi connectivity index (χ3v) is 4.13. The maximum absolute atomic E-state index is 12.9. The molecule has 2 aromatic carbocycles. The summed E-state index contributed by atoms with van der Waals surface area (Å²) in [7, 11) is 0. The molecule has 0 bridgehead atoms. The Morgan fingerprint density at radius 2 is 1.90 bits per heavy atom. The Balaban J connectivity index is 1.68. The molecule has 29 heavy (non-hydrogen) atoms. The van der Waals surface area contributed by atoms with Gasteiger partial charge in [0.2, 0.25) is 11.6 Å². The van der Waals surface area contributed by atoms with Gasteiger partial charge in [-0.05, 0) is 28.0 Å². The van der Waals surface area contributed by atoms with E-state index in [9.17, 15) is 4.79 Å². The molecule has 144 valence electrons. The van der Waals surface area contributed by atoms with Crippen molar-refractivity contribution in [3.05, 3.63) is 70.9 Å². The second-order valence-corrected chi connectivity index (χ2v) is 6.22. The lowest BCUT2D eigenvalue weighted by Crippen LogP contribution is -2.22. The second-order valence-electron chi connectivity index (χ2n) is 5.79. The van der Waals surface area contributed by atoms with Crippen LogP contribution in [0.3, 0.4) is 0 Å². The average Bonchev–Trinajstić information content (AvgIpc) is 3.36. The van der Waals surface area contributed by atoms with Crippen LogP contribution < -0.4 is 11.2 Å². The Hall–Kier alpha value is -4.05. The molecule has 0 spiro atoms. The molecule has 10 nitrogen and oxygen atoms in total. The maximum Gasteiger partial charge on any atom is 0.292 e. The van der Waals surface area contributed by atoms with Crippen molar-refractivity contribution in [3.8, 4) is 17.1 Å². The summed E-state index contributed by atoms with van der Waals surface area (Å²) in [5.74, 6) is -0.554. The Morgan fingerprint density at radius 1 is 1.14 bits per heavy atom. The molecule has 0 aliphatic heterocycles. The summed E-state index contributed by atoms with van der Waals surface area (Å²) in [6, 6.07) is 16.1. The van der Waals surface area contributed by atoms with Gasteiger partial charge < -0.3 is 5.73 Å². The third-order valence-electron chi connectivity index (χ3n) is 3.88. The fourth-order valence-corrected chi connectivity index (χ4v) is 2.66. The lowest BCUT2D eigenvalue weighted by molar-refractivity contribution is 0.0948. The zero-order chi connectivity index (χ0) is 20.2. The number of nitrogens with two attached hydrogens (primary N) is 1. The number of rotatable bonds is 5. The van der Waals surface area contributed by atoms with E-state index in [-0.39, 0.29) is 17.3 Å². The lowest BCUT2D eigenvalue weighted by Gasteiger charge is -2.04. The van der Waals surface area contributed by atoms with Crippen LogP contribution in [0.2, 0.25) is 5.02 Å². The standard InChI is InChI=1S/C18H13ClN8O2/c19-13-8-6-11(7-9-13)10-21-23-18(28)15-14(12-4-2-1-3-5-12)22-26-27(15)17-16(20)24-29-25-17/h1-10H,(H2,20,24)(H,23,28)/b21-10+. The number of hydrazone groups is 1. The molecule has 4 aromatic rings. The van der Waals surface area contributed by atoms with Gasteiger partial charge in [-0.2, -0.15) is 9.78 Å². The van der Waals surface area contributed by atoms with Crippen molar-refractivity contribution in [1.82, 2.24) is 30.7 Å². The van der Waals surface area contributed by atoms with Crippen molar-refractivity contribution >= 4 is 29.5 Å². The van der Waals surface area contributed by atoms with Gasteiger partial charge in [0.1, 0.15) is 5.69 Å². The van der Waals surface area contributed by atoms with Gasteiger partial charge in [0.25, 0.3) is 5.91 Å². The Labute approximate surface area is 168 Å². The van der Waals surface area contributed by atoms with Gasteiger partial charge in [0.15, 0.2) is 5.69 Å². The van der Waals surface area contributed by atoms with Crippen molar-refractivity contribution in [3.63, 3.8) is 0 Å². The number of amides is 1. The zero-order valence-electron chi connectivity index (χ0n) is 14.7. The number of carbonyl (C=O) groups is 1. The van der Waals surface area contributed by atoms with Crippen molar-refractivity contribution in [2.45, 2.75) is 0 Å². The van der Waals surface area contributed by atoms with Crippen LogP contribution in [0.15, 0.2) is 64.3 Å². The van der Waals surface area contributed by atoms with Gasteiger partial charge in [-0.1, -0.05) is 59.3 Å². The van der Waals surface area contributed by atoms with Gasteiger partial charge in [-0.3, -0.25) is 4.79 Å². The highest BCUT2D eigenvalue weighted by atomic mass is 35.5. The van der Waals surface area contributed by atoms with E-state index in [0.29, 0.717) is 16.3 Å². The van der Waals surface area contributed by atoms with E-state index in [2.05, 4.69) is 35.8 Å². The largest absolute Gasteiger partial charge is 0.378 e. The predicted octanol–water partition coefficient (Wildman–Crippen LogP) is 2.32. The van der Waals surface area contributed by atoms with Gasteiger partial charge >= 0.3 is 0 Å². The number of hydrogen-bond acceptors (Lipinski definition) is 8. The minimum atomic E-state index is -0.568. The van der Waals surface area contributed by atoms with Crippen LogP contribution in [0.4, 0.5) is 5.82 Å². The number of carbonyl (C=O) groups excluding carboxylic acids is 1. The molecule has 0 fully saturated rings. The first kappa shape index (κ1) is 18.3. The van der Waals surface area contributed by atoms with Crippen LogP contribution in [-0.4, -0.2) is 37.4 Å². The molecule has 0 unspecified atom stereocenters. The van der Waals surface area contributed by atoms with Crippen LogP contribution >= 0.6 is 11.6 Å². The molecule has 4 rings (SSSR count). The quantitative estimate of drug-likeness (QED) is 0.381. The Morgan fingerprint density at radius 3 is 2.59 bits per heavy atom. The highest BCUT2D eigenvalue weighted by Crippen LogP contribution is 2.24. The molecule has 2 aromatic heterocycles. The van der Waals surface area contributed by atoms with E-state index in [4.69, 9.17) is 17.3 Å². The number of hydrogen-bond donors (Lipinski definition) is 2. The molecule has 2 heterocycles. The van der Waals surface area contributed by atoms with Crippen LogP contribution in [-0.2, 0) is 0 Å². The van der Waals surface area contributed by atoms with E-state index in [0.717, 1.165) is 10.2 Å². The zero-order valence-corrected chi connectivity index (χ0v) is 15.5. The fraction of sp³-hybridized carbons (Fsp3) is 0. The van der Waals surface area contributed by atoms with E-state index in [1.54, 1.807) is 36.4 Å². The second kappa shape index (κ2) is 7.90. The van der Waals surface area contributed by atoms with E-state index < -0.39 is 5.91 Å². The summed E-state index contributed by atoms with van der Waals surface area (Å²) in [6.45, 7) is 0. The van der Waals surface area contributed by atoms with Crippen LogP contribution in [0.5, 0.6) is 0 Å². The van der Waals surface area contributed by atoms with Gasteiger partial charge in [0.05, 0.1) is 6.21 Å². The van der Waals surface area contributed by atoms with Gasteiger partial charge in [0, 0.05) is 10.6 Å². The first-order valence-corrected chi connectivity index (χ1v) is 8.70. The number of nitrogens with zero attached hydrogens (tertiary/aromatic N) is 6. The van der Waals surface area contributed by atoms with Gasteiger partial charge in [-0.25, -0.2) is 10.1 Å². The molecular weight excluding hydrogens is 396 g/mol. The summed E-state index contributed by atoms with van der Waals surface area (Å²) >= 11 is 5.86. The molecule has 1 amide bonds. The highest BCUT2D eigenvalue weighted by molar-refractivity contribution is 6.30. The summed E-state index contributed by atoms with van der Waals surface area (Å²) < 4.78 is 5.77. The summed E-state index contributed by atoms with van der Waals surface area (Å²) in [5, 5.41) is 19.9. The van der Waals surface area contributed by atoms with Gasteiger partial charge in [-0.15, -0.1) is 5.10 Å². The van der Waals surface area contributed by atoms with Crippen LogP contribution in [0, 0.1) is 0 Å². The monoisotopic (exact) mass is 408 g/mol. The maximum atomic E-state index is 12.9. The normalized spacial score (nSPS) is 11.1. The first-order chi connectivity index (χ1) is 14.1.